The van der Waals surface area contributed by atoms with E-state index in [9.17, 15) is 0 Å². The van der Waals surface area contributed by atoms with E-state index in [4.69, 9.17) is 0 Å². The molecule has 146 valence electrons. The van der Waals surface area contributed by atoms with E-state index in [-0.39, 0.29) is 0 Å². The summed E-state index contributed by atoms with van der Waals surface area (Å²) in [4.78, 5) is 0. The van der Waals surface area contributed by atoms with Crippen LogP contribution in [0.1, 0.15) is 135 Å². The van der Waals surface area contributed by atoms with E-state index in [2.05, 4.69) is 13.5 Å². The molecule has 0 saturated carbocycles. The zero-order valence-corrected chi connectivity index (χ0v) is 19.0. The van der Waals surface area contributed by atoms with Gasteiger partial charge in [-0.3, -0.25) is 0 Å². The Hall–Kier alpha value is 0.217. The molecule has 0 rings (SSSR count). The Morgan fingerprint density at radius 3 is 0.875 bits per heavy atom. The Labute approximate surface area is 157 Å². The van der Waals surface area contributed by atoms with Crippen LogP contribution in [0.4, 0.5) is 0 Å². The lowest BCUT2D eigenvalue weighted by Crippen LogP contribution is -1.85. The zero-order chi connectivity index (χ0) is 17.6. The average molecular weight is 355 g/mol. The number of rotatable bonds is 21. The summed E-state index contributed by atoms with van der Waals surface area (Å²) in [5.41, 5.74) is 0. The molecule has 0 nitrogen and oxygen atoms in total. The largest absolute Gasteiger partial charge is 0.0748 e. The number of hydrogen-bond donors (Lipinski definition) is 0. The smallest absolute Gasteiger partial charge is 0.0166 e. The van der Waals surface area contributed by atoms with Gasteiger partial charge in [-0.15, -0.1) is 0 Å². The molecule has 0 amide bonds. The average Bonchev–Trinajstić information content (AvgIpc) is 2.60. The molecule has 0 aliphatic rings. The van der Waals surface area contributed by atoms with Crippen LogP contribution in [0.15, 0.2) is 0 Å². The highest BCUT2D eigenvalue weighted by Crippen LogP contribution is 2.14. The fourth-order valence-electron chi connectivity index (χ4n) is 3.68. The van der Waals surface area contributed by atoms with Crippen molar-refractivity contribution in [3.63, 3.8) is 0 Å². The first-order valence-corrected chi connectivity index (χ1v) is 14.3. The standard InChI is InChI=1S/C23H50Si/c1-3-4-5-6-7-8-9-10-11-12-13-14-15-16-17-18-19-20-21-22-23-24-2/h3-24H2,1-2H3. The van der Waals surface area contributed by atoms with Gasteiger partial charge in [0, 0.05) is 9.52 Å². The molecule has 0 N–H and O–H groups in total. The molecule has 0 unspecified atom stereocenters. The van der Waals surface area contributed by atoms with E-state index in [1.54, 1.807) is 6.04 Å². The minimum absolute atomic E-state index is 0.345. The third-order valence-electron chi connectivity index (χ3n) is 5.46. The summed E-state index contributed by atoms with van der Waals surface area (Å²) in [7, 11) is 0.345. The van der Waals surface area contributed by atoms with Gasteiger partial charge < -0.3 is 0 Å². The van der Waals surface area contributed by atoms with Crippen LogP contribution in [-0.4, -0.2) is 9.52 Å². The van der Waals surface area contributed by atoms with E-state index in [1.165, 1.54) is 128 Å². The normalized spacial score (nSPS) is 11.8. The summed E-state index contributed by atoms with van der Waals surface area (Å²) >= 11 is 0. The molecular weight excluding hydrogens is 304 g/mol. The third-order valence-corrected chi connectivity index (χ3v) is 6.66. The second kappa shape index (κ2) is 23.2. The van der Waals surface area contributed by atoms with Crippen LogP contribution in [0.25, 0.3) is 0 Å². The van der Waals surface area contributed by atoms with Gasteiger partial charge in [0.1, 0.15) is 0 Å². The molecule has 0 aromatic carbocycles. The molecule has 0 aromatic rings. The van der Waals surface area contributed by atoms with Crippen LogP contribution < -0.4 is 0 Å². The molecule has 24 heavy (non-hydrogen) atoms. The summed E-state index contributed by atoms with van der Waals surface area (Å²) in [6.45, 7) is 4.74. The van der Waals surface area contributed by atoms with Crippen LogP contribution in [0, 0.1) is 0 Å². The van der Waals surface area contributed by atoms with E-state index in [1.807, 2.05) is 0 Å². The van der Waals surface area contributed by atoms with Crippen LogP contribution in [0.2, 0.25) is 12.6 Å². The summed E-state index contributed by atoms with van der Waals surface area (Å²) in [5, 5.41) is 0. The Bertz CT molecular complexity index is 180. The Morgan fingerprint density at radius 2 is 0.625 bits per heavy atom. The molecule has 1 heteroatoms. The molecule has 0 radical (unpaired) electrons. The molecule has 0 saturated heterocycles. The lowest BCUT2D eigenvalue weighted by Gasteiger charge is -2.04. The van der Waals surface area contributed by atoms with Gasteiger partial charge in [0.15, 0.2) is 0 Å². The van der Waals surface area contributed by atoms with Crippen molar-refractivity contribution in [3.05, 3.63) is 0 Å². The summed E-state index contributed by atoms with van der Waals surface area (Å²) in [5.74, 6) is 0. The van der Waals surface area contributed by atoms with Gasteiger partial charge in [0.05, 0.1) is 0 Å². The van der Waals surface area contributed by atoms with E-state index in [0.717, 1.165) is 0 Å². The van der Waals surface area contributed by atoms with Gasteiger partial charge >= 0.3 is 0 Å². The highest BCUT2D eigenvalue weighted by atomic mass is 28.2. The monoisotopic (exact) mass is 354 g/mol. The quantitative estimate of drug-likeness (QED) is 0.143. The molecule has 0 atom stereocenters. The van der Waals surface area contributed by atoms with Crippen LogP contribution in [0.3, 0.4) is 0 Å². The molecule has 0 aliphatic heterocycles. The van der Waals surface area contributed by atoms with Crippen molar-refractivity contribution >= 4 is 9.52 Å². The fourth-order valence-corrected chi connectivity index (χ4v) is 4.54. The highest BCUT2D eigenvalue weighted by Gasteiger charge is 1.95. The Kier molecular flexibility index (Phi) is 23.4. The van der Waals surface area contributed by atoms with Crippen molar-refractivity contribution < 1.29 is 0 Å². The lowest BCUT2D eigenvalue weighted by molar-refractivity contribution is 0.523. The van der Waals surface area contributed by atoms with E-state index < -0.39 is 0 Å². The Morgan fingerprint density at radius 1 is 0.375 bits per heavy atom. The first-order valence-electron chi connectivity index (χ1n) is 11.9. The van der Waals surface area contributed by atoms with Gasteiger partial charge in [0.25, 0.3) is 0 Å². The third kappa shape index (κ3) is 22.2. The van der Waals surface area contributed by atoms with E-state index >= 15 is 0 Å². The van der Waals surface area contributed by atoms with Gasteiger partial charge in [-0.2, -0.15) is 0 Å². The summed E-state index contributed by atoms with van der Waals surface area (Å²) < 4.78 is 0. The second-order valence-electron chi connectivity index (χ2n) is 8.07. The predicted octanol–water partition coefficient (Wildman–Crippen LogP) is 8.44. The second-order valence-corrected chi connectivity index (χ2v) is 9.78. The summed E-state index contributed by atoms with van der Waals surface area (Å²) in [6.07, 6.45) is 29.8. The maximum absolute atomic E-state index is 2.44. The van der Waals surface area contributed by atoms with Gasteiger partial charge in [0.2, 0.25) is 0 Å². The van der Waals surface area contributed by atoms with Crippen molar-refractivity contribution in [2.75, 3.05) is 0 Å². The number of unbranched alkanes of at least 4 members (excludes halogenated alkanes) is 19. The van der Waals surface area contributed by atoms with Crippen LogP contribution in [0.5, 0.6) is 0 Å². The maximum Gasteiger partial charge on any atom is 0.0166 e. The van der Waals surface area contributed by atoms with E-state index in [0.29, 0.717) is 9.52 Å². The van der Waals surface area contributed by atoms with Crippen molar-refractivity contribution in [2.24, 2.45) is 0 Å². The zero-order valence-electron chi connectivity index (χ0n) is 17.6. The molecule has 0 heterocycles. The minimum Gasteiger partial charge on any atom is -0.0748 e. The van der Waals surface area contributed by atoms with Crippen molar-refractivity contribution in [2.45, 2.75) is 148 Å². The molecule has 0 spiro atoms. The van der Waals surface area contributed by atoms with Crippen molar-refractivity contribution in [1.82, 2.24) is 0 Å². The molecule has 0 aromatic heterocycles. The fraction of sp³-hybridized carbons (Fsp3) is 1.00. The van der Waals surface area contributed by atoms with Gasteiger partial charge in [-0.1, -0.05) is 148 Å². The van der Waals surface area contributed by atoms with Crippen LogP contribution >= 0.6 is 0 Å². The topological polar surface area (TPSA) is 0 Å². The maximum atomic E-state index is 2.44. The van der Waals surface area contributed by atoms with Gasteiger partial charge in [-0.25, -0.2) is 0 Å². The summed E-state index contributed by atoms with van der Waals surface area (Å²) in [6, 6.07) is 1.58. The van der Waals surface area contributed by atoms with Crippen molar-refractivity contribution in [3.8, 4) is 0 Å². The first kappa shape index (κ1) is 24.2. The van der Waals surface area contributed by atoms with Crippen LogP contribution in [-0.2, 0) is 0 Å². The minimum atomic E-state index is 0.345. The SMILES string of the molecule is CCCCCCCCCCCCCCCCCCCCCC[SiH2]C. The molecule has 0 aliphatic carbocycles. The molecule has 0 fully saturated rings. The van der Waals surface area contributed by atoms with Crippen molar-refractivity contribution in [1.29, 1.82) is 0 Å². The molecular formula is C23H50Si. The Balaban J connectivity index is 2.93. The number of hydrogen-bond acceptors (Lipinski definition) is 0. The molecule has 0 bridgehead atoms. The first-order chi connectivity index (χ1) is 11.9. The lowest BCUT2D eigenvalue weighted by atomic mass is 10.0. The van der Waals surface area contributed by atoms with Gasteiger partial charge in [-0.05, 0) is 0 Å². The highest BCUT2D eigenvalue weighted by molar-refractivity contribution is 6.33. The predicted molar refractivity (Wildman–Crippen MR) is 117 cm³/mol.